The Hall–Kier alpha value is -3.06. The van der Waals surface area contributed by atoms with Crippen molar-refractivity contribution in [3.05, 3.63) is 94.6 Å². The second-order valence-corrected chi connectivity index (χ2v) is 8.18. The number of halogens is 1. The number of benzene rings is 2. The molecule has 0 bridgehead atoms. The molecule has 4 rings (SSSR count). The van der Waals surface area contributed by atoms with Crippen LogP contribution in [0.5, 0.6) is 0 Å². The first-order chi connectivity index (χ1) is 15.6. The fraction of sp³-hybridized carbons (Fsp3) is 0.280. The van der Waals surface area contributed by atoms with Gasteiger partial charge in [-0.1, -0.05) is 56.3 Å². The zero-order valence-electron chi connectivity index (χ0n) is 18.4. The standard InChI is InChI=1S/C23H22FN3O2S.C2H6.2H2/c24-18-8-6-17(7-9-18)14-25-22(28)19-12-20(27-10-11-30-15-21(19)27)23(29)26-13-16-4-2-1-3-5-16;1-2;;/h1-9,12H,10-11,13-15H2,(H,25,28)(H,26,29);1-2H3;2*1H. The first kappa shape index (κ1) is 23.6. The third-order valence-electron chi connectivity index (χ3n) is 5.05. The normalized spacial score (nSPS) is 12.2. The monoisotopic (exact) mass is 457 g/mol. The fourth-order valence-corrected chi connectivity index (χ4v) is 4.42. The van der Waals surface area contributed by atoms with Gasteiger partial charge in [-0.3, -0.25) is 9.59 Å². The van der Waals surface area contributed by atoms with Crippen molar-refractivity contribution in [1.29, 1.82) is 0 Å². The topological polar surface area (TPSA) is 63.1 Å². The molecule has 7 heteroatoms. The predicted octanol–water partition coefficient (Wildman–Crippen LogP) is 5.25. The summed E-state index contributed by atoms with van der Waals surface area (Å²) in [6.45, 7) is 5.42. The second-order valence-electron chi connectivity index (χ2n) is 7.07. The molecule has 172 valence electrons. The van der Waals surface area contributed by atoms with E-state index in [1.165, 1.54) is 12.1 Å². The van der Waals surface area contributed by atoms with E-state index in [-0.39, 0.29) is 20.5 Å². The van der Waals surface area contributed by atoms with E-state index in [4.69, 9.17) is 0 Å². The Labute approximate surface area is 195 Å². The van der Waals surface area contributed by atoms with E-state index in [1.54, 1.807) is 30.0 Å². The van der Waals surface area contributed by atoms with Crippen molar-refractivity contribution in [2.75, 3.05) is 5.75 Å². The first-order valence-electron chi connectivity index (χ1n) is 10.8. The summed E-state index contributed by atoms with van der Waals surface area (Å²) >= 11 is 1.75. The number of carbonyl (C=O) groups excluding carboxylic acids is 2. The molecule has 2 heterocycles. The highest BCUT2D eigenvalue weighted by atomic mass is 32.2. The molecule has 2 N–H and O–H groups in total. The van der Waals surface area contributed by atoms with Gasteiger partial charge in [0.05, 0.1) is 5.56 Å². The third-order valence-corrected chi connectivity index (χ3v) is 5.99. The summed E-state index contributed by atoms with van der Waals surface area (Å²) in [7, 11) is 0. The Morgan fingerprint density at radius 2 is 1.59 bits per heavy atom. The van der Waals surface area contributed by atoms with Crippen molar-refractivity contribution in [3.63, 3.8) is 0 Å². The predicted molar refractivity (Wildman–Crippen MR) is 131 cm³/mol. The summed E-state index contributed by atoms with van der Waals surface area (Å²) in [5.41, 5.74) is 3.73. The molecule has 0 saturated carbocycles. The van der Waals surface area contributed by atoms with Crippen LogP contribution in [0.1, 0.15) is 54.4 Å². The van der Waals surface area contributed by atoms with E-state index >= 15 is 0 Å². The van der Waals surface area contributed by atoms with Crippen molar-refractivity contribution < 1.29 is 16.8 Å². The molecule has 1 aliphatic rings. The summed E-state index contributed by atoms with van der Waals surface area (Å²) in [5, 5.41) is 5.83. The van der Waals surface area contributed by atoms with E-state index in [0.717, 1.165) is 22.6 Å². The number of rotatable bonds is 6. The van der Waals surface area contributed by atoms with Crippen molar-refractivity contribution in [2.24, 2.45) is 0 Å². The van der Waals surface area contributed by atoms with Crippen LogP contribution >= 0.6 is 11.8 Å². The lowest BCUT2D eigenvalue weighted by atomic mass is 10.2. The Morgan fingerprint density at radius 1 is 0.969 bits per heavy atom. The maximum absolute atomic E-state index is 13.1. The minimum absolute atomic E-state index is 0. The van der Waals surface area contributed by atoms with Crippen molar-refractivity contribution >= 4 is 23.6 Å². The molecule has 0 unspecified atom stereocenters. The van der Waals surface area contributed by atoms with Crippen molar-refractivity contribution in [1.82, 2.24) is 15.2 Å². The number of amides is 2. The van der Waals surface area contributed by atoms with Gasteiger partial charge in [-0.05, 0) is 29.3 Å². The number of aromatic nitrogens is 1. The van der Waals surface area contributed by atoms with Gasteiger partial charge in [-0.2, -0.15) is 11.8 Å². The molecule has 0 fully saturated rings. The van der Waals surface area contributed by atoms with Gasteiger partial charge in [0.2, 0.25) is 0 Å². The number of hydrogen-bond donors (Lipinski definition) is 2. The number of carbonyl (C=O) groups is 2. The van der Waals surface area contributed by atoms with Crippen molar-refractivity contribution in [2.45, 2.75) is 39.2 Å². The lowest BCUT2D eigenvalue weighted by molar-refractivity contribution is 0.0939. The number of thioether (sulfide) groups is 1. The number of nitrogens with one attached hydrogen (secondary N) is 2. The highest BCUT2D eigenvalue weighted by Gasteiger charge is 2.25. The molecule has 0 spiro atoms. The summed E-state index contributed by atoms with van der Waals surface area (Å²) in [6.07, 6.45) is 0. The van der Waals surface area contributed by atoms with Crippen LogP contribution in [0.25, 0.3) is 0 Å². The molecule has 0 aliphatic carbocycles. The Balaban J connectivity index is 0.00000141. The summed E-state index contributed by atoms with van der Waals surface area (Å²) in [4.78, 5) is 25.7. The Kier molecular flexibility index (Phi) is 8.50. The maximum Gasteiger partial charge on any atom is 0.268 e. The average Bonchev–Trinajstić information content (AvgIpc) is 3.24. The molecule has 1 aliphatic heterocycles. The van der Waals surface area contributed by atoms with Gasteiger partial charge in [0.25, 0.3) is 11.8 Å². The molecule has 0 saturated heterocycles. The van der Waals surface area contributed by atoms with E-state index in [2.05, 4.69) is 10.6 Å². The average molecular weight is 458 g/mol. The van der Waals surface area contributed by atoms with Crippen LogP contribution in [-0.2, 0) is 25.4 Å². The summed E-state index contributed by atoms with van der Waals surface area (Å²) in [5.74, 6) is 0.856. The highest BCUT2D eigenvalue weighted by Crippen LogP contribution is 2.27. The maximum atomic E-state index is 13.1. The number of hydrogen-bond acceptors (Lipinski definition) is 3. The minimum atomic E-state index is -0.310. The van der Waals surface area contributed by atoms with Gasteiger partial charge >= 0.3 is 0 Å². The molecule has 0 radical (unpaired) electrons. The minimum Gasteiger partial charge on any atom is -0.348 e. The number of fused-ring (bicyclic) bond motifs is 1. The van der Waals surface area contributed by atoms with Crippen LogP contribution in [0.15, 0.2) is 60.7 Å². The van der Waals surface area contributed by atoms with Crippen LogP contribution in [0.3, 0.4) is 0 Å². The molecule has 1 aromatic heterocycles. The molecule has 32 heavy (non-hydrogen) atoms. The van der Waals surface area contributed by atoms with E-state index in [9.17, 15) is 14.0 Å². The molecular formula is C25H32FN3O2S. The zero-order valence-corrected chi connectivity index (χ0v) is 19.2. The lowest BCUT2D eigenvalue weighted by Crippen LogP contribution is -2.27. The highest BCUT2D eigenvalue weighted by molar-refractivity contribution is 7.98. The summed E-state index contributed by atoms with van der Waals surface area (Å²) in [6, 6.07) is 17.4. The van der Waals surface area contributed by atoms with Gasteiger partial charge in [-0.15, -0.1) is 0 Å². The van der Waals surface area contributed by atoms with Gasteiger partial charge in [0.15, 0.2) is 0 Å². The quantitative estimate of drug-likeness (QED) is 0.531. The molecule has 2 aromatic carbocycles. The van der Waals surface area contributed by atoms with Gasteiger partial charge in [0, 0.05) is 39.7 Å². The lowest BCUT2D eigenvalue weighted by Gasteiger charge is -2.18. The second kappa shape index (κ2) is 11.5. The molecule has 3 aromatic rings. The molecule has 0 atom stereocenters. The molecule has 2 amide bonds. The van der Waals surface area contributed by atoms with Gasteiger partial charge in [-0.25, -0.2) is 4.39 Å². The van der Waals surface area contributed by atoms with Crippen LogP contribution < -0.4 is 10.6 Å². The van der Waals surface area contributed by atoms with Crippen LogP contribution in [0.2, 0.25) is 0 Å². The van der Waals surface area contributed by atoms with Crippen LogP contribution in [0, 0.1) is 5.82 Å². The SMILES string of the molecule is CC.O=C(NCc1ccc(F)cc1)c1cc(C(=O)NCc2ccccc2)n2c1CSCC2.[HH].[HH]. The van der Waals surface area contributed by atoms with E-state index in [0.29, 0.717) is 36.6 Å². The zero-order chi connectivity index (χ0) is 22.9. The van der Waals surface area contributed by atoms with E-state index in [1.807, 2.05) is 48.7 Å². The van der Waals surface area contributed by atoms with Gasteiger partial charge in [0.1, 0.15) is 11.5 Å². The van der Waals surface area contributed by atoms with Crippen LogP contribution in [0.4, 0.5) is 4.39 Å². The first-order valence-corrected chi connectivity index (χ1v) is 11.9. The van der Waals surface area contributed by atoms with Gasteiger partial charge < -0.3 is 15.2 Å². The molecular weight excluding hydrogens is 425 g/mol. The Bertz CT molecular complexity index is 1060. The van der Waals surface area contributed by atoms with Crippen molar-refractivity contribution in [3.8, 4) is 0 Å². The van der Waals surface area contributed by atoms with Crippen LogP contribution in [-0.4, -0.2) is 22.1 Å². The Morgan fingerprint density at radius 3 is 2.28 bits per heavy atom. The smallest absolute Gasteiger partial charge is 0.268 e. The third kappa shape index (κ3) is 5.79. The molecule has 5 nitrogen and oxygen atoms in total. The number of nitrogens with zero attached hydrogens (tertiary/aromatic N) is 1. The fourth-order valence-electron chi connectivity index (χ4n) is 3.46. The largest absolute Gasteiger partial charge is 0.348 e. The van der Waals surface area contributed by atoms with E-state index < -0.39 is 0 Å². The summed E-state index contributed by atoms with van der Waals surface area (Å²) < 4.78 is 15.0.